The van der Waals surface area contributed by atoms with Crippen molar-refractivity contribution in [1.82, 2.24) is 4.72 Å². The minimum Gasteiger partial charge on any atom is -0.325 e. The molecule has 0 saturated heterocycles. The Kier molecular flexibility index (Phi) is 4.27. The summed E-state index contributed by atoms with van der Waals surface area (Å²) in [6.45, 7) is 1.70. The molecule has 1 atom stereocenters. The van der Waals surface area contributed by atoms with E-state index in [2.05, 4.69) is 26.0 Å². The lowest BCUT2D eigenvalue weighted by molar-refractivity contribution is -0.115. The highest BCUT2D eigenvalue weighted by molar-refractivity contribution is 9.10. The Hall–Kier alpha value is -0.920. The van der Waals surface area contributed by atoms with Gasteiger partial charge in [-0.15, -0.1) is 0 Å². The van der Waals surface area contributed by atoms with Crippen LogP contribution in [0.2, 0.25) is 0 Å². The third-order valence-corrected chi connectivity index (χ3v) is 4.61. The topological polar surface area (TPSA) is 75.3 Å². The van der Waals surface area contributed by atoms with Crippen LogP contribution >= 0.6 is 15.9 Å². The van der Waals surface area contributed by atoms with Crippen molar-refractivity contribution in [3.8, 4) is 0 Å². The minimum absolute atomic E-state index is 0.0609. The Morgan fingerprint density at radius 3 is 2.68 bits per heavy atom. The third kappa shape index (κ3) is 4.02. The van der Waals surface area contributed by atoms with Crippen molar-refractivity contribution < 1.29 is 13.2 Å². The number of amides is 1. The molecular weight excluding hydrogens is 332 g/mol. The zero-order valence-corrected chi connectivity index (χ0v) is 12.8. The van der Waals surface area contributed by atoms with E-state index in [0.29, 0.717) is 5.69 Å². The van der Waals surface area contributed by atoms with Crippen molar-refractivity contribution in [2.24, 2.45) is 0 Å². The molecule has 7 heteroatoms. The molecule has 1 aromatic carbocycles. The third-order valence-electron chi connectivity index (χ3n) is 2.67. The van der Waals surface area contributed by atoms with E-state index in [-0.39, 0.29) is 21.7 Å². The lowest BCUT2D eigenvalue weighted by Gasteiger charge is -2.09. The zero-order chi connectivity index (χ0) is 14.0. The maximum absolute atomic E-state index is 12.0. The average molecular weight is 347 g/mol. The van der Waals surface area contributed by atoms with E-state index in [0.717, 1.165) is 12.8 Å². The van der Waals surface area contributed by atoms with Crippen LogP contribution in [0.15, 0.2) is 29.2 Å². The quantitative estimate of drug-likeness (QED) is 0.799. The number of halogens is 1. The molecule has 1 fully saturated rings. The molecule has 2 N–H and O–H groups in total. The van der Waals surface area contributed by atoms with Gasteiger partial charge in [-0.2, -0.15) is 0 Å². The van der Waals surface area contributed by atoms with Gasteiger partial charge < -0.3 is 5.32 Å². The largest absolute Gasteiger partial charge is 0.325 e. The summed E-state index contributed by atoms with van der Waals surface area (Å²) in [4.78, 5) is 11.4. The second-order valence-corrected chi connectivity index (χ2v) is 7.62. The van der Waals surface area contributed by atoms with Crippen LogP contribution in [-0.4, -0.2) is 25.2 Å². The van der Waals surface area contributed by atoms with Crippen molar-refractivity contribution in [2.75, 3.05) is 5.32 Å². The van der Waals surface area contributed by atoms with Crippen LogP contribution in [-0.2, 0) is 14.8 Å². The average Bonchev–Trinajstić information content (AvgIpc) is 3.12. The molecule has 1 aromatic rings. The summed E-state index contributed by atoms with van der Waals surface area (Å²) in [5.41, 5.74) is 0.468. The van der Waals surface area contributed by atoms with Crippen molar-refractivity contribution in [3.63, 3.8) is 0 Å². The van der Waals surface area contributed by atoms with Gasteiger partial charge in [0.2, 0.25) is 15.9 Å². The monoisotopic (exact) mass is 346 g/mol. The van der Waals surface area contributed by atoms with Crippen LogP contribution in [0.3, 0.4) is 0 Å². The van der Waals surface area contributed by atoms with E-state index in [4.69, 9.17) is 0 Å². The second kappa shape index (κ2) is 5.60. The minimum atomic E-state index is -3.49. The molecule has 0 bridgehead atoms. The van der Waals surface area contributed by atoms with Gasteiger partial charge in [0.25, 0.3) is 0 Å². The van der Waals surface area contributed by atoms with Crippen molar-refractivity contribution in [2.45, 2.75) is 35.5 Å². The van der Waals surface area contributed by atoms with E-state index in [1.165, 1.54) is 12.1 Å². The molecule has 1 aliphatic carbocycles. The molecule has 19 heavy (non-hydrogen) atoms. The van der Waals surface area contributed by atoms with Gasteiger partial charge in [0.05, 0.1) is 9.72 Å². The maximum atomic E-state index is 12.0. The molecule has 0 aliphatic heterocycles. The van der Waals surface area contributed by atoms with Crippen molar-refractivity contribution >= 4 is 37.5 Å². The summed E-state index contributed by atoms with van der Waals surface area (Å²) in [5.74, 6) is -0.218. The fourth-order valence-corrected chi connectivity index (χ4v) is 2.94. The molecule has 1 aliphatic rings. The number of nitrogens with one attached hydrogen (secondary N) is 2. The van der Waals surface area contributed by atoms with E-state index in [1.54, 1.807) is 19.1 Å². The number of hydrogen-bond acceptors (Lipinski definition) is 3. The summed E-state index contributed by atoms with van der Waals surface area (Å²) in [5, 5.41) is 2.64. The van der Waals surface area contributed by atoms with Gasteiger partial charge in [-0.05, 0) is 38.0 Å². The first kappa shape index (κ1) is 14.5. The van der Waals surface area contributed by atoms with E-state index in [9.17, 15) is 13.2 Å². The molecule has 104 valence electrons. The van der Waals surface area contributed by atoms with Gasteiger partial charge in [-0.25, -0.2) is 13.1 Å². The lowest BCUT2D eigenvalue weighted by atomic mass is 10.3. The molecule has 1 saturated carbocycles. The van der Waals surface area contributed by atoms with Crippen molar-refractivity contribution in [1.29, 1.82) is 0 Å². The van der Waals surface area contributed by atoms with E-state index < -0.39 is 10.0 Å². The highest BCUT2D eigenvalue weighted by Gasteiger charge is 2.28. The first-order chi connectivity index (χ1) is 8.88. The molecule has 0 aromatic heterocycles. The van der Waals surface area contributed by atoms with Crippen LogP contribution in [0.1, 0.15) is 19.8 Å². The number of carbonyl (C=O) groups is 1. The Morgan fingerprint density at radius 2 is 2.11 bits per heavy atom. The summed E-state index contributed by atoms with van der Waals surface area (Å²) in [7, 11) is -3.49. The Bertz CT molecular complexity index is 582. The fourth-order valence-electron chi connectivity index (χ4n) is 1.47. The number of benzene rings is 1. The van der Waals surface area contributed by atoms with Gasteiger partial charge in [0.1, 0.15) is 0 Å². The lowest BCUT2D eigenvalue weighted by Crippen LogP contribution is -2.26. The number of rotatable bonds is 5. The van der Waals surface area contributed by atoms with E-state index >= 15 is 0 Å². The maximum Gasteiger partial charge on any atom is 0.240 e. The number of anilines is 1. The van der Waals surface area contributed by atoms with Crippen LogP contribution in [0.5, 0.6) is 0 Å². The number of sulfonamides is 1. The summed E-state index contributed by atoms with van der Waals surface area (Å²) < 4.78 is 26.6. The fraction of sp³-hybridized carbons (Fsp3) is 0.417. The second-order valence-electron chi connectivity index (χ2n) is 4.53. The Labute approximate surface area is 121 Å². The predicted molar refractivity (Wildman–Crippen MR) is 76.8 cm³/mol. The number of alkyl halides is 1. The molecule has 1 unspecified atom stereocenters. The van der Waals surface area contributed by atoms with Crippen LogP contribution in [0, 0.1) is 0 Å². The highest BCUT2D eigenvalue weighted by Crippen LogP contribution is 2.23. The van der Waals surface area contributed by atoms with Gasteiger partial charge in [0, 0.05) is 11.7 Å². The smallest absolute Gasteiger partial charge is 0.240 e. The Balaban J connectivity index is 2.16. The van der Waals surface area contributed by atoms with Crippen LogP contribution in [0.25, 0.3) is 0 Å². The molecule has 1 amide bonds. The van der Waals surface area contributed by atoms with Gasteiger partial charge in [0.15, 0.2) is 0 Å². The van der Waals surface area contributed by atoms with Gasteiger partial charge in [-0.1, -0.05) is 22.0 Å². The number of carbonyl (C=O) groups excluding carboxylic acids is 1. The normalized spacial score (nSPS) is 16.9. The first-order valence-corrected chi connectivity index (χ1v) is 8.36. The van der Waals surface area contributed by atoms with Crippen LogP contribution < -0.4 is 10.0 Å². The molecule has 0 heterocycles. The molecule has 2 rings (SSSR count). The number of hydrogen-bond donors (Lipinski definition) is 2. The summed E-state index contributed by atoms with van der Waals surface area (Å²) in [6, 6.07) is 6.29. The molecule has 5 nitrogen and oxygen atoms in total. The Morgan fingerprint density at radius 1 is 1.42 bits per heavy atom. The summed E-state index contributed by atoms with van der Waals surface area (Å²) in [6.07, 6.45) is 1.77. The summed E-state index contributed by atoms with van der Waals surface area (Å²) >= 11 is 3.15. The zero-order valence-electron chi connectivity index (χ0n) is 10.4. The van der Waals surface area contributed by atoms with E-state index in [1.807, 2.05) is 0 Å². The highest BCUT2D eigenvalue weighted by atomic mass is 79.9. The standard InChI is InChI=1S/C12H15BrN2O3S/c1-8(13)12(16)14-10-3-2-4-11(7-10)19(17,18)15-9-5-6-9/h2-4,7-9,15H,5-6H2,1H3,(H,14,16). The SMILES string of the molecule is CC(Br)C(=O)Nc1cccc(S(=O)(=O)NC2CC2)c1. The van der Waals surface area contributed by atoms with Crippen molar-refractivity contribution in [3.05, 3.63) is 24.3 Å². The predicted octanol–water partition coefficient (Wildman–Crippen LogP) is 1.85. The van der Waals surface area contributed by atoms with Gasteiger partial charge >= 0.3 is 0 Å². The molecule has 0 spiro atoms. The van der Waals surface area contributed by atoms with Crippen LogP contribution in [0.4, 0.5) is 5.69 Å². The molecular formula is C12H15BrN2O3S. The molecule has 0 radical (unpaired) electrons. The van der Waals surface area contributed by atoms with Gasteiger partial charge in [-0.3, -0.25) is 4.79 Å². The first-order valence-electron chi connectivity index (χ1n) is 5.96.